The molecule has 0 aromatic carbocycles. The molecule has 1 amide bonds. The van der Waals surface area contributed by atoms with E-state index in [1.165, 1.54) is 21.1 Å². The first kappa shape index (κ1) is 23.9. The van der Waals surface area contributed by atoms with Crippen molar-refractivity contribution in [3.8, 4) is 0 Å². The number of amides is 1. The van der Waals surface area contributed by atoms with Crippen molar-refractivity contribution < 1.29 is 57.6 Å². The summed E-state index contributed by atoms with van der Waals surface area (Å²) in [5.74, 6) is -2.59. The largest absolute Gasteiger partial charge is 0.517 e. The molecule has 0 aromatic heterocycles. The minimum atomic E-state index is -7.21. The van der Waals surface area contributed by atoms with Crippen molar-refractivity contribution in [1.29, 1.82) is 0 Å². The highest BCUT2D eigenvalue weighted by atomic mass is 32.3. The highest BCUT2D eigenvalue weighted by Crippen LogP contribution is 2.35. The van der Waals surface area contributed by atoms with Gasteiger partial charge in [0.1, 0.15) is 12.6 Å². The van der Waals surface area contributed by atoms with Crippen LogP contribution < -0.4 is 0 Å². The fraction of sp³-hybridized carbons (Fsp3) is 0.889. The number of sulfonamides is 2. The number of hydrogen-bond acceptors (Lipinski definition) is 6. The Morgan fingerprint density at radius 3 is 1.52 bits per heavy atom. The standard InChI is InChI=1S/C9H15F6N2O6S2/c1-17(2,3)5-6(18)4-7(19)16(24(20,21)8(10,11)12)25(22,23)9(13,14)15/h6,18H,4-5H2,1-3H3/q+1. The molecule has 0 aliphatic carbocycles. The molecule has 0 aliphatic heterocycles. The summed E-state index contributed by atoms with van der Waals surface area (Å²) < 4.78 is 117. The van der Waals surface area contributed by atoms with E-state index in [1.807, 2.05) is 0 Å². The van der Waals surface area contributed by atoms with Crippen LogP contribution in [0.1, 0.15) is 6.42 Å². The number of hydrogen-bond donors (Lipinski definition) is 1. The van der Waals surface area contributed by atoms with Gasteiger partial charge in [-0.25, -0.2) is 0 Å². The maximum Gasteiger partial charge on any atom is 0.517 e. The molecule has 16 heteroatoms. The van der Waals surface area contributed by atoms with E-state index in [0.29, 0.717) is 0 Å². The van der Waals surface area contributed by atoms with E-state index in [1.54, 1.807) is 0 Å². The smallest absolute Gasteiger partial charge is 0.387 e. The second-order valence-corrected chi connectivity index (χ2v) is 9.61. The van der Waals surface area contributed by atoms with Gasteiger partial charge in [-0.3, -0.25) is 4.79 Å². The van der Waals surface area contributed by atoms with Gasteiger partial charge in [-0.15, -0.1) is 3.71 Å². The molecule has 1 atom stereocenters. The highest BCUT2D eigenvalue weighted by molar-refractivity contribution is 8.05. The van der Waals surface area contributed by atoms with Crippen LogP contribution in [0.2, 0.25) is 0 Å². The van der Waals surface area contributed by atoms with E-state index in [0.717, 1.165) is 0 Å². The van der Waals surface area contributed by atoms with Gasteiger partial charge in [-0.05, 0) is 0 Å². The fourth-order valence-electron chi connectivity index (χ4n) is 1.56. The van der Waals surface area contributed by atoms with Crippen molar-refractivity contribution >= 4 is 26.0 Å². The van der Waals surface area contributed by atoms with Gasteiger partial charge in [-0.1, -0.05) is 0 Å². The summed E-state index contributed by atoms with van der Waals surface area (Å²) in [7, 11) is -10.1. The van der Waals surface area contributed by atoms with Crippen LogP contribution in [-0.2, 0) is 24.8 Å². The molecule has 1 N–H and O–H groups in total. The van der Waals surface area contributed by atoms with Crippen molar-refractivity contribution in [2.24, 2.45) is 0 Å². The van der Waals surface area contributed by atoms with Gasteiger partial charge in [0.25, 0.3) is 5.91 Å². The number of likely N-dealkylation sites (N-methyl/N-ethyl adjacent to an activating group) is 1. The molecule has 0 rings (SSSR count). The molecule has 0 aliphatic rings. The lowest BCUT2D eigenvalue weighted by Crippen LogP contribution is -2.53. The van der Waals surface area contributed by atoms with Crippen LogP contribution in [0.4, 0.5) is 26.3 Å². The molecule has 0 radical (unpaired) electrons. The monoisotopic (exact) mass is 425 g/mol. The van der Waals surface area contributed by atoms with Gasteiger partial charge >= 0.3 is 31.1 Å². The van der Waals surface area contributed by atoms with Crippen molar-refractivity contribution in [3.05, 3.63) is 0 Å². The van der Waals surface area contributed by atoms with E-state index in [9.17, 15) is 53.1 Å². The zero-order chi connectivity index (χ0) is 20.6. The number of halogens is 6. The van der Waals surface area contributed by atoms with Crippen LogP contribution in [0.5, 0.6) is 0 Å². The molecule has 0 heterocycles. The molecular formula is C9H15F6N2O6S2+. The zero-order valence-electron chi connectivity index (χ0n) is 13.0. The lowest BCUT2D eigenvalue weighted by Gasteiger charge is -2.28. The number of alkyl halides is 6. The van der Waals surface area contributed by atoms with Crippen molar-refractivity contribution in [2.45, 2.75) is 23.5 Å². The SMILES string of the molecule is C[N+](C)(C)CC(O)CC(=O)N(S(=O)(=O)C(F)(F)F)S(=O)(=O)C(F)(F)F. The Morgan fingerprint density at radius 1 is 0.960 bits per heavy atom. The number of carbonyl (C=O) groups is 1. The summed E-state index contributed by atoms with van der Waals surface area (Å²) in [4.78, 5) is 11.6. The van der Waals surface area contributed by atoms with Crippen LogP contribution in [0.25, 0.3) is 0 Å². The first-order valence-electron chi connectivity index (χ1n) is 6.09. The molecule has 0 bridgehead atoms. The maximum absolute atomic E-state index is 12.5. The van der Waals surface area contributed by atoms with Gasteiger partial charge in [0.15, 0.2) is 0 Å². The number of carbonyl (C=O) groups excluding carboxylic acids is 1. The molecule has 8 nitrogen and oxygen atoms in total. The molecule has 0 aromatic rings. The van der Waals surface area contributed by atoms with Gasteiger partial charge in [0.2, 0.25) is 0 Å². The third-order valence-corrected chi connectivity index (χ3v) is 6.02. The molecule has 0 saturated carbocycles. The minimum Gasteiger partial charge on any atom is -0.387 e. The van der Waals surface area contributed by atoms with Gasteiger partial charge < -0.3 is 9.59 Å². The van der Waals surface area contributed by atoms with E-state index >= 15 is 0 Å². The van der Waals surface area contributed by atoms with Gasteiger partial charge in [0, 0.05) is 0 Å². The Bertz CT molecular complexity index is 662. The van der Waals surface area contributed by atoms with Crippen LogP contribution in [0.15, 0.2) is 0 Å². The van der Waals surface area contributed by atoms with E-state index in [4.69, 9.17) is 0 Å². The Hall–Kier alpha value is -1.13. The second-order valence-electron chi connectivity index (χ2n) is 5.82. The molecule has 25 heavy (non-hydrogen) atoms. The Morgan fingerprint density at radius 2 is 1.28 bits per heavy atom. The van der Waals surface area contributed by atoms with Crippen molar-refractivity contribution in [1.82, 2.24) is 3.71 Å². The Kier molecular flexibility index (Phi) is 6.57. The summed E-state index contributed by atoms with van der Waals surface area (Å²) in [6.45, 7) is -0.391. The minimum absolute atomic E-state index is 0.105. The number of aliphatic hydroxyl groups excluding tert-OH is 1. The quantitative estimate of drug-likeness (QED) is 0.473. The number of quaternary nitrogens is 1. The highest BCUT2D eigenvalue weighted by Gasteiger charge is 2.63. The molecule has 0 fully saturated rings. The molecule has 0 saturated heterocycles. The van der Waals surface area contributed by atoms with Crippen molar-refractivity contribution in [2.75, 3.05) is 27.7 Å². The number of rotatable bonds is 6. The Labute approximate surface area is 139 Å². The van der Waals surface area contributed by atoms with Gasteiger partial charge in [-0.2, -0.15) is 43.2 Å². The molecule has 1 unspecified atom stereocenters. The predicted molar refractivity (Wildman–Crippen MR) is 70.3 cm³/mol. The summed E-state index contributed by atoms with van der Waals surface area (Å²) in [5.41, 5.74) is -13.0. The molecular weight excluding hydrogens is 410 g/mol. The first-order valence-corrected chi connectivity index (χ1v) is 8.97. The fourth-order valence-corrected chi connectivity index (χ4v) is 4.16. The lowest BCUT2D eigenvalue weighted by molar-refractivity contribution is -0.873. The first-order chi connectivity index (χ1) is 10.6. The third kappa shape index (κ3) is 5.68. The van der Waals surface area contributed by atoms with Crippen LogP contribution in [-0.4, -0.2) is 80.9 Å². The third-order valence-electron chi connectivity index (χ3n) is 2.39. The topological polar surface area (TPSA) is 109 Å². The zero-order valence-corrected chi connectivity index (χ0v) is 14.6. The average molecular weight is 425 g/mol. The van der Waals surface area contributed by atoms with Gasteiger partial charge in [0.05, 0.1) is 27.6 Å². The summed E-state index contributed by atoms with van der Waals surface area (Å²) in [6.07, 6.45) is -3.50. The predicted octanol–water partition coefficient (Wildman–Crippen LogP) is -0.0286. The lowest BCUT2D eigenvalue weighted by atomic mass is 10.2. The molecule has 150 valence electrons. The molecule has 0 spiro atoms. The van der Waals surface area contributed by atoms with E-state index in [-0.39, 0.29) is 4.48 Å². The summed E-state index contributed by atoms with van der Waals surface area (Å²) in [5, 5.41) is 9.53. The van der Waals surface area contributed by atoms with Crippen LogP contribution >= 0.6 is 0 Å². The normalized spacial score (nSPS) is 15.8. The summed E-state index contributed by atoms with van der Waals surface area (Å²) in [6, 6.07) is 0. The number of nitrogens with zero attached hydrogens (tertiary/aromatic N) is 2. The van der Waals surface area contributed by atoms with Crippen LogP contribution in [0, 0.1) is 0 Å². The second kappa shape index (κ2) is 6.88. The van der Waals surface area contributed by atoms with E-state index < -0.39 is 59.8 Å². The average Bonchev–Trinajstić information content (AvgIpc) is 2.20. The Balaban J connectivity index is 6.09. The number of aliphatic hydroxyl groups is 1. The maximum atomic E-state index is 12.5. The summed E-state index contributed by atoms with van der Waals surface area (Å²) >= 11 is 0. The van der Waals surface area contributed by atoms with E-state index in [2.05, 4.69) is 0 Å². The van der Waals surface area contributed by atoms with Crippen LogP contribution in [0.3, 0.4) is 0 Å². The van der Waals surface area contributed by atoms with Crippen molar-refractivity contribution in [3.63, 3.8) is 0 Å².